The van der Waals surface area contributed by atoms with E-state index in [1.165, 1.54) is 6.21 Å². The van der Waals surface area contributed by atoms with Gasteiger partial charge in [0.1, 0.15) is 5.75 Å². The van der Waals surface area contributed by atoms with Gasteiger partial charge in [-0.15, -0.1) is 0 Å². The van der Waals surface area contributed by atoms with E-state index in [1.54, 1.807) is 42.5 Å². The molecule has 140 valence electrons. The first kappa shape index (κ1) is 19.5. The van der Waals surface area contributed by atoms with Crippen LogP contribution in [-0.2, 0) is 11.2 Å². The highest BCUT2D eigenvalue weighted by Gasteiger charge is 2.10. The van der Waals surface area contributed by atoms with E-state index < -0.39 is 0 Å². The molecule has 28 heavy (non-hydrogen) atoms. The number of hydrazone groups is 1. The zero-order valence-corrected chi connectivity index (χ0v) is 16.4. The predicted octanol–water partition coefficient (Wildman–Crippen LogP) is 4.36. The Morgan fingerprint density at radius 2 is 1.64 bits per heavy atom. The molecule has 3 aromatic rings. The average Bonchev–Trinajstić information content (AvgIpc) is 2.71. The lowest BCUT2D eigenvalue weighted by Crippen LogP contribution is -2.17. The molecule has 0 aliphatic heterocycles. The van der Waals surface area contributed by atoms with E-state index in [2.05, 4.69) is 26.5 Å². The predicted molar refractivity (Wildman–Crippen MR) is 111 cm³/mol. The third-order valence-electron chi connectivity index (χ3n) is 3.79. The van der Waals surface area contributed by atoms with Crippen molar-refractivity contribution in [1.29, 1.82) is 0 Å². The van der Waals surface area contributed by atoms with Crippen LogP contribution < -0.4 is 10.2 Å². The number of nitrogens with one attached hydrogen (secondary N) is 1. The van der Waals surface area contributed by atoms with Gasteiger partial charge in [-0.25, -0.2) is 5.43 Å². The molecular formula is C22H17BrN2O3. The quantitative estimate of drug-likeness (QED) is 0.270. The SMILES string of the molecule is O=C(Cc1ccccc1)Oc1ccc(Br)cc1/C=N\NC(=O)c1ccccc1. The molecule has 0 saturated carbocycles. The van der Waals surface area contributed by atoms with Gasteiger partial charge in [-0.2, -0.15) is 5.10 Å². The highest BCUT2D eigenvalue weighted by molar-refractivity contribution is 9.10. The molecule has 0 radical (unpaired) electrons. The fourth-order valence-electron chi connectivity index (χ4n) is 2.45. The molecule has 1 N–H and O–H groups in total. The molecule has 0 unspecified atom stereocenters. The lowest BCUT2D eigenvalue weighted by molar-refractivity contribution is -0.133. The summed E-state index contributed by atoms with van der Waals surface area (Å²) in [5.74, 6) is -0.340. The second-order valence-corrected chi connectivity index (χ2v) is 6.80. The molecule has 0 heterocycles. The Bertz CT molecular complexity index is 989. The zero-order chi connectivity index (χ0) is 19.8. The van der Waals surface area contributed by atoms with Gasteiger partial charge in [0.05, 0.1) is 12.6 Å². The zero-order valence-electron chi connectivity index (χ0n) is 14.8. The molecule has 1 amide bonds. The first-order valence-corrected chi connectivity index (χ1v) is 9.34. The molecule has 0 spiro atoms. The van der Waals surface area contributed by atoms with Gasteiger partial charge in [-0.3, -0.25) is 9.59 Å². The number of benzene rings is 3. The van der Waals surface area contributed by atoms with Crippen molar-refractivity contribution < 1.29 is 14.3 Å². The van der Waals surface area contributed by atoms with Crippen molar-refractivity contribution in [1.82, 2.24) is 5.43 Å². The minimum absolute atomic E-state index is 0.165. The van der Waals surface area contributed by atoms with Crippen LogP contribution in [0.5, 0.6) is 5.75 Å². The number of amides is 1. The van der Waals surface area contributed by atoms with Crippen LogP contribution in [0, 0.1) is 0 Å². The normalized spacial score (nSPS) is 10.6. The molecule has 3 rings (SSSR count). The van der Waals surface area contributed by atoms with Gasteiger partial charge < -0.3 is 4.74 Å². The highest BCUT2D eigenvalue weighted by Crippen LogP contribution is 2.22. The van der Waals surface area contributed by atoms with Crippen LogP contribution in [0.15, 0.2) is 88.4 Å². The van der Waals surface area contributed by atoms with Gasteiger partial charge in [0.15, 0.2) is 0 Å². The smallest absolute Gasteiger partial charge is 0.315 e. The molecule has 0 saturated heterocycles. The summed E-state index contributed by atoms with van der Waals surface area (Å²) in [6.07, 6.45) is 1.61. The van der Waals surface area contributed by atoms with Crippen LogP contribution in [0.25, 0.3) is 0 Å². The average molecular weight is 437 g/mol. The van der Waals surface area contributed by atoms with E-state index in [9.17, 15) is 9.59 Å². The molecule has 5 nitrogen and oxygen atoms in total. The van der Waals surface area contributed by atoms with Gasteiger partial charge in [-0.05, 0) is 35.9 Å². The topological polar surface area (TPSA) is 67.8 Å². The number of nitrogens with zero attached hydrogens (tertiary/aromatic N) is 1. The molecule has 0 aliphatic carbocycles. The molecule has 0 fully saturated rings. The summed E-state index contributed by atoms with van der Waals surface area (Å²) < 4.78 is 6.28. The van der Waals surface area contributed by atoms with Crippen molar-refractivity contribution in [3.05, 3.63) is 100 Å². The van der Waals surface area contributed by atoms with Crippen molar-refractivity contribution in [3.8, 4) is 5.75 Å². The number of halogens is 1. The molecule has 6 heteroatoms. The molecule has 0 bridgehead atoms. The van der Waals surface area contributed by atoms with E-state index in [4.69, 9.17) is 4.74 Å². The van der Waals surface area contributed by atoms with E-state index in [0.717, 1.165) is 10.0 Å². The standard InChI is InChI=1S/C22H17BrN2O3/c23-19-11-12-20(28-21(26)13-16-7-3-1-4-8-16)18(14-19)15-24-25-22(27)17-9-5-2-6-10-17/h1-12,14-15H,13H2,(H,25,27)/b24-15-. The Hall–Kier alpha value is -3.25. The summed E-state index contributed by atoms with van der Waals surface area (Å²) in [7, 11) is 0. The molecule has 0 aliphatic rings. The summed E-state index contributed by atoms with van der Waals surface area (Å²) in [6, 6.07) is 23.3. The van der Waals surface area contributed by atoms with Crippen LogP contribution in [0.1, 0.15) is 21.5 Å². The number of hydrogen-bond acceptors (Lipinski definition) is 4. The second kappa shape index (κ2) is 9.62. The Labute approximate surface area is 171 Å². The summed E-state index contributed by atoms with van der Waals surface area (Å²) in [5.41, 5.74) is 4.39. The Morgan fingerprint density at radius 3 is 2.36 bits per heavy atom. The van der Waals surface area contributed by atoms with Gasteiger partial charge in [0.25, 0.3) is 5.91 Å². The lowest BCUT2D eigenvalue weighted by Gasteiger charge is -2.08. The van der Waals surface area contributed by atoms with Gasteiger partial charge in [0.2, 0.25) is 0 Å². The monoisotopic (exact) mass is 436 g/mol. The van der Waals surface area contributed by atoms with Crippen LogP contribution in [0.3, 0.4) is 0 Å². The summed E-state index contributed by atoms with van der Waals surface area (Å²) in [6.45, 7) is 0. The maximum Gasteiger partial charge on any atom is 0.315 e. The Balaban J connectivity index is 1.68. The van der Waals surface area contributed by atoms with Crippen LogP contribution in [-0.4, -0.2) is 18.1 Å². The van der Waals surface area contributed by atoms with E-state index in [0.29, 0.717) is 16.9 Å². The number of carbonyl (C=O) groups excluding carboxylic acids is 2. The number of hydrogen-bond donors (Lipinski definition) is 1. The number of carbonyl (C=O) groups is 2. The van der Waals surface area contributed by atoms with E-state index in [1.807, 2.05) is 36.4 Å². The minimum Gasteiger partial charge on any atom is -0.426 e. The molecular weight excluding hydrogens is 420 g/mol. The van der Waals surface area contributed by atoms with Crippen molar-refractivity contribution in [2.45, 2.75) is 6.42 Å². The third kappa shape index (κ3) is 5.62. The second-order valence-electron chi connectivity index (χ2n) is 5.88. The van der Waals surface area contributed by atoms with Gasteiger partial charge in [0, 0.05) is 15.6 Å². The summed E-state index contributed by atoms with van der Waals surface area (Å²) in [4.78, 5) is 24.3. The van der Waals surface area contributed by atoms with Crippen molar-refractivity contribution >= 4 is 34.0 Å². The van der Waals surface area contributed by atoms with E-state index in [-0.39, 0.29) is 18.3 Å². The van der Waals surface area contributed by atoms with Crippen molar-refractivity contribution in [2.24, 2.45) is 5.10 Å². The fraction of sp³-hybridized carbons (Fsp3) is 0.0455. The fourth-order valence-corrected chi connectivity index (χ4v) is 2.83. The number of rotatable bonds is 6. The summed E-state index contributed by atoms with van der Waals surface area (Å²) in [5, 5.41) is 3.97. The first-order valence-electron chi connectivity index (χ1n) is 8.54. The van der Waals surface area contributed by atoms with Gasteiger partial charge in [-0.1, -0.05) is 64.5 Å². The largest absolute Gasteiger partial charge is 0.426 e. The minimum atomic E-state index is -0.378. The first-order chi connectivity index (χ1) is 13.6. The third-order valence-corrected chi connectivity index (χ3v) is 4.29. The highest BCUT2D eigenvalue weighted by atomic mass is 79.9. The van der Waals surface area contributed by atoms with Crippen LogP contribution >= 0.6 is 15.9 Å². The van der Waals surface area contributed by atoms with Crippen molar-refractivity contribution in [3.63, 3.8) is 0 Å². The Kier molecular flexibility index (Phi) is 6.70. The van der Waals surface area contributed by atoms with Crippen molar-refractivity contribution in [2.75, 3.05) is 0 Å². The molecule has 3 aromatic carbocycles. The molecule has 0 atom stereocenters. The van der Waals surface area contributed by atoms with Crippen LogP contribution in [0.2, 0.25) is 0 Å². The lowest BCUT2D eigenvalue weighted by atomic mass is 10.1. The Morgan fingerprint density at radius 1 is 0.964 bits per heavy atom. The maximum absolute atomic E-state index is 12.2. The molecule has 0 aromatic heterocycles. The van der Waals surface area contributed by atoms with E-state index >= 15 is 0 Å². The number of ether oxygens (including phenoxy) is 1. The number of esters is 1. The van der Waals surface area contributed by atoms with Crippen LogP contribution in [0.4, 0.5) is 0 Å². The summed E-state index contributed by atoms with van der Waals surface area (Å²) >= 11 is 3.38. The van der Waals surface area contributed by atoms with Gasteiger partial charge >= 0.3 is 5.97 Å². The maximum atomic E-state index is 12.2.